The fraction of sp³-hybridized carbons (Fsp3) is 0.625. The minimum Gasteiger partial charge on any atom is -0.388 e. The average Bonchev–Trinajstić information content (AvgIpc) is 2.49. The molecule has 0 amide bonds. The Balaban J connectivity index is 1.95. The Labute approximate surface area is 127 Å². The highest BCUT2D eigenvalue weighted by Crippen LogP contribution is 2.32. The van der Waals surface area contributed by atoms with Gasteiger partial charge in [0.15, 0.2) is 9.84 Å². The smallest absolute Gasteiger partial charge is 0.178 e. The van der Waals surface area contributed by atoms with Crippen LogP contribution < -0.4 is 5.32 Å². The van der Waals surface area contributed by atoms with E-state index in [0.717, 1.165) is 31.4 Å². The second kappa shape index (κ2) is 6.36. The fourth-order valence-electron chi connectivity index (χ4n) is 2.69. The van der Waals surface area contributed by atoms with Crippen molar-refractivity contribution < 1.29 is 13.5 Å². The molecule has 2 rings (SSSR count). The molecule has 0 radical (unpaired) electrons. The number of aliphatic hydroxyl groups is 1. The van der Waals surface area contributed by atoms with E-state index in [4.69, 9.17) is 0 Å². The van der Waals surface area contributed by atoms with Crippen LogP contribution in [0.1, 0.15) is 39.5 Å². The third-order valence-electron chi connectivity index (χ3n) is 4.42. The van der Waals surface area contributed by atoms with Gasteiger partial charge in [-0.25, -0.2) is 8.42 Å². The molecule has 0 unspecified atom stereocenters. The van der Waals surface area contributed by atoms with E-state index in [1.165, 1.54) is 0 Å². The Bertz CT molecular complexity index is 558. The van der Waals surface area contributed by atoms with Crippen LogP contribution in [-0.2, 0) is 9.84 Å². The van der Waals surface area contributed by atoms with E-state index in [1.54, 1.807) is 31.2 Å². The molecule has 0 bridgehead atoms. The Kier molecular flexibility index (Phi) is 4.94. The van der Waals surface area contributed by atoms with Gasteiger partial charge in [0, 0.05) is 12.2 Å². The summed E-state index contributed by atoms with van der Waals surface area (Å²) in [7, 11) is -3.15. The summed E-state index contributed by atoms with van der Waals surface area (Å²) in [5.74, 6) is 0.807. The van der Waals surface area contributed by atoms with Gasteiger partial charge in [0.1, 0.15) is 0 Å². The average molecular weight is 311 g/mol. The number of rotatable bonds is 5. The summed E-state index contributed by atoms with van der Waals surface area (Å²) in [6.07, 6.45) is 3.77. The lowest BCUT2D eigenvalue weighted by atomic mass is 9.79. The lowest BCUT2D eigenvalue weighted by molar-refractivity contribution is 0.00501. The van der Waals surface area contributed by atoms with Crippen LogP contribution in [-0.4, -0.2) is 31.4 Å². The molecule has 4 nitrogen and oxygen atoms in total. The molecule has 2 N–H and O–H groups in total. The summed E-state index contributed by atoms with van der Waals surface area (Å²) in [5.41, 5.74) is 0.206. The van der Waals surface area contributed by atoms with Gasteiger partial charge in [0.2, 0.25) is 0 Å². The van der Waals surface area contributed by atoms with Gasteiger partial charge in [-0.1, -0.05) is 13.8 Å². The van der Waals surface area contributed by atoms with E-state index < -0.39 is 15.4 Å². The minimum atomic E-state index is -3.15. The van der Waals surface area contributed by atoms with Gasteiger partial charge in [0.25, 0.3) is 0 Å². The number of anilines is 1. The van der Waals surface area contributed by atoms with E-state index in [9.17, 15) is 13.5 Å². The first-order valence-electron chi connectivity index (χ1n) is 7.64. The van der Waals surface area contributed by atoms with Crippen molar-refractivity contribution in [2.24, 2.45) is 5.92 Å². The van der Waals surface area contributed by atoms with Crippen LogP contribution in [0.25, 0.3) is 0 Å². The van der Waals surface area contributed by atoms with E-state index >= 15 is 0 Å². The molecule has 1 fully saturated rings. The zero-order valence-electron chi connectivity index (χ0n) is 12.8. The molecule has 0 spiro atoms. The van der Waals surface area contributed by atoms with E-state index in [0.29, 0.717) is 17.4 Å². The van der Waals surface area contributed by atoms with Crippen molar-refractivity contribution in [1.29, 1.82) is 0 Å². The molecular weight excluding hydrogens is 286 g/mol. The topological polar surface area (TPSA) is 66.4 Å². The zero-order valence-corrected chi connectivity index (χ0v) is 13.6. The molecule has 0 aromatic heterocycles. The van der Waals surface area contributed by atoms with Crippen LogP contribution in [0.15, 0.2) is 29.2 Å². The summed E-state index contributed by atoms with van der Waals surface area (Å²) in [6, 6.07) is 6.76. The molecule has 21 heavy (non-hydrogen) atoms. The molecular formula is C16H25NO3S. The number of hydrogen-bond acceptors (Lipinski definition) is 4. The molecule has 1 aliphatic rings. The quantitative estimate of drug-likeness (QED) is 0.877. The molecule has 1 aliphatic carbocycles. The summed E-state index contributed by atoms with van der Waals surface area (Å²) < 4.78 is 23.5. The largest absolute Gasteiger partial charge is 0.388 e. The first kappa shape index (κ1) is 16.3. The van der Waals surface area contributed by atoms with E-state index in [2.05, 4.69) is 12.2 Å². The third-order valence-corrected chi connectivity index (χ3v) is 6.17. The molecule has 0 atom stereocenters. The van der Waals surface area contributed by atoms with Crippen molar-refractivity contribution in [2.75, 3.05) is 17.6 Å². The van der Waals surface area contributed by atoms with Crippen molar-refractivity contribution in [3.05, 3.63) is 24.3 Å². The van der Waals surface area contributed by atoms with Crippen LogP contribution in [0.3, 0.4) is 0 Å². The molecule has 5 heteroatoms. The summed E-state index contributed by atoms with van der Waals surface area (Å²) >= 11 is 0. The standard InChI is InChI=1S/C16H25NO3S/c1-3-21(19,20)15-6-4-14(5-7-15)17-12-16(18)10-8-13(2)9-11-16/h4-7,13,17-18H,3,8-12H2,1-2H3. The molecule has 1 aromatic carbocycles. The molecule has 0 heterocycles. The molecule has 0 aliphatic heterocycles. The van der Waals surface area contributed by atoms with Gasteiger partial charge in [0.05, 0.1) is 16.2 Å². The van der Waals surface area contributed by atoms with Crippen LogP contribution in [0.2, 0.25) is 0 Å². The van der Waals surface area contributed by atoms with Crippen molar-refractivity contribution in [3.63, 3.8) is 0 Å². The van der Waals surface area contributed by atoms with Crippen LogP contribution >= 0.6 is 0 Å². The SMILES string of the molecule is CCS(=O)(=O)c1ccc(NCC2(O)CCC(C)CC2)cc1. The second-order valence-electron chi connectivity index (χ2n) is 6.19. The fourth-order valence-corrected chi connectivity index (χ4v) is 3.57. The van der Waals surface area contributed by atoms with Crippen LogP contribution in [0.4, 0.5) is 5.69 Å². The Hall–Kier alpha value is -1.07. The lowest BCUT2D eigenvalue weighted by Gasteiger charge is -2.35. The predicted octanol–water partition coefficient (Wildman–Crippen LogP) is 2.83. The van der Waals surface area contributed by atoms with Crippen molar-refractivity contribution in [2.45, 2.75) is 50.0 Å². The summed E-state index contributed by atoms with van der Waals surface area (Å²) in [5, 5.41) is 13.7. The predicted molar refractivity (Wildman–Crippen MR) is 85.2 cm³/mol. The zero-order chi connectivity index (χ0) is 15.5. The normalized spacial score (nSPS) is 26.5. The Morgan fingerprint density at radius 3 is 2.33 bits per heavy atom. The summed E-state index contributed by atoms with van der Waals surface area (Å²) in [4.78, 5) is 0.348. The first-order chi connectivity index (χ1) is 9.85. The second-order valence-corrected chi connectivity index (χ2v) is 8.47. The lowest BCUT2D eigenvalue weighted by Crippen LogP contribution is -2.40. The number of benzene rings is 1. The highest BCUT2D eigenvalue weighted by atomic mass is 32.2. The van der Waals surface area contributed by atoms with Gasteiger partial charge >= 0.3 is 0 Å². The molecule has 1 saturated carbocycles. The summed E-state index contributed by atoms with van der Waals surface area (Å²) in [6.45, 7) is 4.38. The number of nitrogens with one attached hydrogen (secondary N) is 1. The van der Waals surface area contributed by atoms with Gasteiger partial charge in [-0.15, -0.1) is 0 Å². The van der Waals surface area contributed by atoms with Gasteiger partial charge in [-0.05, 0) is 55.9 Å². The molecule has 0 saturated heterocycles. The molecule has 1 aromatic rings. The Morgan fingerprint density at radius 1 is 1.24 bits per heavy atom. The first-order valence-corrected chi connectivity index (χ1v) is 9.29. The third kappa shape index (κ3) is 4.20. The monoisotopic (exact) mass is 311 g/mol. The van der Waals surface area contributed by atoms with Gasteiger partial charge in [-0.3, -0.25) is 0 Å². The van der Waals surface area contributed by atoms with Gasteiger partial charge in [-0.2, -0.15) is 0 Å². The van der Waals surface area contributed by atoms with Gasteiger partial charge < -0.3 is 10.4 Å². The highest BCUT2D eigenvalue weighted by molar-refractivity contribution is 7.91. The maximum Gasteiger partial charge on any atom is 0.178 e. The maximum atomic E-state index is 11.7. The maximum absolute atomic E-state index is 11.7. The minimum absolute atomic E-state index is 0.109. The van der Waals surface area contributed by atoms with Crippen molar-refractivity contribution in [1.82, 2.24) is 0 Å². The number of sulfone groups is 1. The van der Waals surface area contributed by atoms with E-state index in [-0.39, 0.29) is 5.75 Å². The van der Waals surface area contributed by atoms with Crippen molar-refractivity contribution in [3.8, 4) is 0 Å². The highest BCUT2D eigenvalue weighted by Gasteiger charge is 2.31. The van der Waals surface area contributed by atoms with E-state index in [1.807, 2.05) is 0 Å². The van der Waals surface area contributed by atoms with Crippen LogP contribution in [0, 0.1) is 5.92 Å². The van der Waals surface area contributed by atoms with Crippen molar-refractivity contribution >= 4 is 15.5 Å². The Morgan fingerprint density at radius 2 is 1.81 bits per heavy atom. The number of hydrogen-bond donors (Lipinski definition) is 2. The molecule has 118 valence electrons. The van der Waals surface area contributed by atoms with Crippen LogP contribution in [0.5, 0.6) is 0 Å².